The van der Waals surface area contributed by atoms with E-state index in [9.17, 15) is 9.90 Å². The Labute approximate surface area is 134 Å². The molecule has 0 unspecified atom stereocenters. The summed E-state index contributed by atoms with van der Waals surface area (Å²) in [6.45, 7) is 0.203. The molecule has 9 heteroatoms. The van der Waals surface area contributed by atoms with Crippen molar-refractivity contribution in [2.75, 3.05) is 5.73 Å². The molecule has 1 aromatic carbocycles. The number of anilines is 1. The predicted octanol–water partition coefficient (Wildman–Crippen LogP) is 2.73. The van der Waals surface area contributed by atoms with Crippen LogP contribution in [-0.2, 0) is 13.1 Å². The van der Waals surface area contributed by atoms with E-state index >= 15 is 0 Å². The minimum Gasteiger partial charge on any atom is -0.507 e. The maximum atomic E-state index is 11.1. The van der Waals surface area contributed by atoms with Gasteiger partial charge in [-0.15, -0.1) is 0 Å². The fourth-order valence-electron chi connectivity index (χ4n) is 2.41. The van der Waals surface area contributed by atoms with E-state index in [2.05, 4.69) is 9.97 Å². The molecule has 1 aliphatic rings. The number of benzene rings is 1. The number of fused-ring (bicyclic) bond motifs is 1. The van der Waals surface area contributed by atoms with Crippen LogP contribution in [-0.4, -0.2) is 31.2 Å². The highest BCUT2D eigenvalue weighted by atomic mass is 35.5. The number of rotatable bonds is 1. The van der Waals surface area contributed by atoms with Gasteiger partial charge in [0.2, 0.25) is 5.95 Å². The number of aromatic hydroxyl groups is 1. The van der Waals surface area contributed by atoms with Crippen LogP contribution < -0.4 is 5.73 Å². The number of carboxylic acid groups (broad SMARTS) is 1. The Morgan fingerprint density at radius 1 is 1.27 bits per heavy atom. The summed E-state index contributed by atoms with van der Waals surface area (Å²) in [6, 6.07) is 2.80. The quantitative estimate of drug-likeness (QED) is 0.735. The number of phenolic OH excluding ortho intramolecular Hbond substituents is 1. The smallest absolute Gasteiger partial charge is 0.407 e. The molecule has 7 nitrogen and oxygen atoms in total. The lowest BCUT2D eigenvalue weighted by Crippen LogP contribution is -2.22. The standard InChI is InChI=1S/C13H10Cl2N4O3/c14-5-1-7(15)10(9(20)2-5)11-6-3-19(13(21)22)4-8(6)17-12(16)18-11/h1-2,20H,3-4H2,(H,21,22)(H2,16,17,18). The molecule has 1 amide bonds. The molecule has 0 fully saturated rings. The zero-order valence-electron chi connectivity index (χ0n) is 11.0. The van der Waals surface area contributed by atoms with Gasteiger partial charge in [0.05, 0.1) is 35.1 Å². The molecule has 3 rings (SSSR count). The van der Waals surface area contributed by atoms with Gasteiger partial charge in [-0.1, -0.05) is 23.2 Å². The molecule has 2 heterocycles. The lowest BCUT2D eigenvalue weighted by atomic mass is 10.0. The summed E-state index contributed by atoms with van der Waals surface area (Å²) in [6.07, 6.45) is -1.08. The first-order valence-corrected chi connectivity index (χ1v) is 6.94. The molecular weight excluding hydrogens is 331 g/mol. The van der Waals surface area contributed by atoms with Crippen LogP contribution in [0.5, 0.6) is 5.75 Å². The third kappa shape index (κ3) is 2.38. The zero-order valence-corrected chi connectivity index (χ0v) is 12.6. The van der Waals surface area contributed by atoms with Crippen molar-refractivity contribution in [2.45, 2.75) is 13.1 Å². The van der Waals surface area contributed by atoms with E-state index in [0.717, 1.165) is 0 Å². The van der Waals surface area contributed by atoms with E-state index < -0.39 is 6.09 Å². The van der Waals surface area contributed by atoms with Crippen molar-refractivity contribution in [3.63, 3.8) is 0 Å². The largest absolute Gasteiger partial charge is 0.507 e. The highest BCUT2D eigenvalue weighted by molar-refractivity contribution is 6.36. The first kappa shape index (κ1) is 14.7. The van der Waals surface area contributed by atoms with Gasteiger partial charge in [0.25, 0.3) is 0 Å². The number of hydrogen-bond donors (Lipinski definition) is 3. The van der Waals surface area contributed by atoms with Crippen LogP contribution in [0.3, 0.4) is 0 Å². The Hall–Kier alpha value is -2.25. The van der Waals surface area contributed by atoms with Crippen LogP contribution in [0.1, 0.15) is 11.3 Å². The molecule has 1 aromatic heterocycles. The molecule has 0 bridgehead atoms. The van der Waals surface area contributed by atoms with E-state index in [4.69, 9.17) is 34.0 Å². The van der Waals surface area contributed by atoms with Gasteiger partial charge in [0.15, 0.2) is 0 Å². The van der Waals surface area contributed by atoms with Gasteiger partial charge in [-0.25, -0.2) is 14.8 Å². The summed E-state index contributed by atoms with van der Waals surface area (Å²) in [5.74, 6) is -0.182. The van der Waals surface area contributed by atoms with Gasteiger partial charge in [0, 0.05) is 10.6 Å². The van der Waals surface area contributed by atoms with Crippen LogP contribution in [0.4, 0.5) is 10.7 Å². The van der Waals surface area contributed by atoms with E-state index in [1.807, 2.05) is 0 Å². The second-order valence-electron chi connectivity index (χ2n) is 4.78. The first-order chi connectivity index (χ1) is 10.4. The summed E-state index contributed by atoms with van der Waals surface area (Å²) in [4.78, 5) is 20.5. The third-order valence-electron chi connectivity index (χ3n) is 3.34. The lowest BCUT2D eigenvalue weighted by molar-refractivity contribution is 0.145. The molecule has 0 aliphatic carbocycles. The summed E-state index contributed by atoms with van der Waals surface area (Å²) in [7, 11) is 0. The highest BCUT2D eigenvalue weighted by Crippen LogP contribution is 2.41. The minimum absolute atomic E-state index is 0.0218. The van der Waals surface area contributed by atoms with Crippen molar-refractivity contribution in [1.82, 2.24) is 14.9 Å². The Morgan fingerprint density at radius 3 is 2.64 bits per heavy atom. The van der Waals surface area contributed by atoms with Crippen molar-refractivity contribution in [2.24, 2.45) is 0 Å². The Morgan fingerprint density at radius 2 is 2.00 bits per heavy atom. The van der Waals surface area contributed by atoms with Crippen LogP contribution in [0.2, 0.25) is 10.0 Å². The molecule has 0 saturated carbocycles. The summed E-state index contributed by atoms with van der Waals surface area (Å²) >= 11 is 12.0. The second kappa shape index (κ2) is 5.19. The van der Waals surface area contributed by atoms with Crippen LogP contribution in [0.15, 0.2) is 12.1 Å². The number of nitrogens with two attached hydrogens (primary N) is 1. The number of hydrogen-bond acceptors (Lipinski definition) is 5. The molecule has 22 heavy (non-hydrogen) atoms. The van der Waals surface area contributed by atoms with E-state index in [1.165, 1.54) is 17.0 Å². The number of phenols is 1. The van der Waals surface area contributed by atoms with E-state index in [1.54, 1.807) is 0 Å². The molecule has 2 aromatic rings. The molecule has 4 N–H and O–H groups in total. The number of aromatic nitrogens is 2. The fourth-order valence-corrected chi connectivity index (χ4v) is 2.98. The molecule has 0 saturated heterocycles. The van der Waals surface area contributed by atoms with E-state index in [0.29, 0.717) is 17.0 Å². The third-order valence-corrected chi connectivity index (χ3v) is 3.86. The monoisotopic (exact) mass is 340 g/mol. The van der Waals surface area contributed by atoms with Crippen molar-refractivity contribution in [1.29, 1.82) is 0 Å². The summed E-state index contributed by atoms with van der Waals surface area (Å²) in [5, 5.41) is 19.7. The minimum atomic E-state index is -1.08. The van der Waals surface area contributed by atoms with Gasteiger partial charge < -0.3 is 15.9 Å². The average Bonchev–Trinajstić information content (AvgIpc) is 2.81. The zero-order chi connectivity index (χ0) is 16.0. The molecule has 0 radical (unpaired) electrons. The second-order valence-corrected chi connectivity index (χ2v) is 5.62. The normalized spacial score (nSPS) is 13.3. The van der Waals surface area contributed by atoms with Gasteiger partial charge in [-0.3, -0.25) is 4.90 Å². The van der Waals surface area contributed by atoms with Crippen molar-refractivity contribution >= 4 is 35.2 Å². The molecule has 0 atom stereocenters. The lowest BCUT2D eigenvalue weighted by Gasteiger charge is -2.12. The number of nitrogen functional groups attached to an aromatic ring is 1. The average molecular weight is 341 g/mol. The maximum absolute atomic E-state index is 11.1. The van der Waals surface area contributed by atoms with Gasteiger partial charge in [-0.05, 0) is 12.1 Å². The van der Waals surface area contributed by atoms with Crippen LogP contribution in [0.25, 0.3) is 11.3 Å². The molecule has 1 aliphatic heterocycles. The predicted molar refractivity (Wildman–Crippen MR) is 80.8 cm³/mol. The van der Waals surface area contributed by atoms with Crippen molar-refractivity contribution < 1.29 is 15.0 Å². The molecular formula is C13H10Cl2N4O3. The first-order valence-electron chi connectivity index (χ1n) is 6.18. The summed E-state index contributed by atoms with van der Waals surface area (Å²) in [5.41, 5.74) is 7.31. The van der Waals surface area contributed by atoms with Crippen LogP contribution >= 0.6 is 23.2 Å². The van der Waals surface area contributed by atoms with Gasteiger partial charge in [-0.2, -0.15) is 0 Å². The number of amides is 1. The van der Waals surface area contributed by atoms with Gasteiger partial charge in [0.1, 0.15) is 5.75 Å². The number of halogens is 2. The van der Waals surface area contributed by atoms with Gasteiger partial charge >= 0.3 is 6.09 Å². The SMILES string of the molecule is Nc1nc2c(c(-c3c(O)cc(Cl)cc3Cl)n1)CN(C(=O)O)C2. The molecule has 114 valence electrons. The summed E-state index contributed by atoms with van der Waals surface area (Å²) < 4.78 is 0. The molecule has 0 spiro atoms. The Kier molecular flexibility index (Phi) is 3.46. The van der Waals surface area contributed by atoms with Crippen LogP contribution in [0, 0.1) is 0 Å². The number of nitrogens with zero attached hydrogens (tertiary/aromatic N) is 3. The van der Waals surface area contributed by atoms with Crippen molar-refractivity contribution in [3.8, 4) is 17.0 Å². The maximum Gasteiger partial charge on any atom is 0.407 e. The highest BCUT2D eigenvalue weighted by Gasteiger charge is 2.30. The topological polar surface area (TPSA) is 113 Å². The Bertz CT molecular complexity index is 774. The number of carbonyl (C=O) groups is 1. The fraction of sp³-hybridized carbons (Fsp3) is 0.154. The Balaban J connectivity index is 2.21. The van der Waals surface area contributed by atoms with Crippen molar-refractivity contribution in [3.05, 3.63) is 33.4 Å². The van der Waals surface area contributed by atoms with E-state index in [-0.39, 0.29) is 40.4 Å².